The molecule has 0 aromatic rings. The van der Waals surface area contributed by atoms with Crippen molar-refractivity contribution in [2.75, 3.05) is 12.8 Å². The summed E-state index contributed by atoms with van der Waals surface area (Å²) in [6, 6.07) is 0. The second-order valence-corrected chi connectivity index (χ2v) is 0.993. The molecule has 0 unspecified atom stereocenters. The lowest BCUT2D eigenvalue weighted by Gasteiger charge is -1.86. The van der Waals surface area contributed by atoms with Crippen LogP contribution in [0, 0.1) is 0 Å². The average molecular weight is 88.2 g/mol. The van der Waals surface area contributed by atoms with E-state index in [1.807, 2.05) is 6.92 Å². The van der Waals surface area contributed by atoms with Crippen LogP contribution in [0.1, 0.15) is 6.92 Å². The minimum atomic E-state index is 0.760. The van der Waals surface area contributed by atoms with Gasteiger partial charge in [-0.3, -0.25) is 0 Å². The van der Waals surface area contributed by atoms with E-state index in [1.165, 1.54) is 0 Å². The summed E-state index contributed by atoms with van der Waals surface area (Å²) in [6.07, 6.45) is 0.760. The van der Waals surface area contributed by atoms with Crippen molar-refractivity contribution in [3.8, 4) is 0 Å². The molecule has 0 fully saturated rings. The molecule has 0 aromatic carbocycles. The van der Waals surface area contributed by atoms with Crippen molar-refractivity contribution in [1.82, 2.24) is 0 Å². The van der Waals surface area contributed by atoms with Crippen molar-refractivity contribution in [1.29, 1.82) is 0 Å². The van der Waals surface area contributed by atoms with Gasteiger partial charge in [-0.2, -0.15) is 0 Å². The molecule has 2 radical (unpaired) electrons. The summed E-state index contributed by atoms with van der Waals surface area (Å²) in [5.41, 5.74) is 0. The summed E-state index contributed by atoms with van der Waals surface area (Å²) in [5, 5.41) is 0. The highest BCUT2D eigenvalue weighted by atomic mass is 28.1. The van der Waals surface area contributed by atoms with Crippen LogP contribution in [0.5, 0.6) is 0 Å². The van der Waals surface area contributed by atoms with Gasteiger partial charge in [0.2, 0.25) is 0 Å². The number of hydrogen-bond donors (Lipinski definition) is 0. The molecule has 0 atom stereocenters. The Morgan fingerprint density at radius 2 is 2.40 bits per heavy atom. The van der Waals surface area contributed by atoms with Gasteiger partial charge in [0.05, 0.1) is 10.2 Å². The summed E-state index contributed by atoms with van der Waals surface area (Å²) in [7, 11) is 2.48. The number of ether oxygens (including phenoxy) is 1. The zero-order chi connectivity index (χ0) is 4.12. The van der Waals surface area contributed by atoms with Crippen molar-refractivity contribution in [3.63, 3.8) is 0 Å². The smallest absolute Gasteiger partial charge is 0.0510 e. The molecule has 0 saturated heterocycles. The lowest BCUT2D eigenvalue weighted by atomic mass is 10.9. The maximum atomic E-state index is 4.80. The Morgan fingerprint density at radius 3 is 2.40 bits per heavy atom. The minimum Gasteiger partial charge on any atom is -0.386 e. The Morgan fingerprint density at radius 1 is 1.80 bits per heavy atom. The van der Waals surface area contributed by atoms with E-state index in [2.05, 4.69) is 10.2 Å². The molecule has 0 heterocycles. The fraction of sp³-hybridized carbons (Fsp3) is 1.00. The highest BCUT2D eigenvalue weighted by Crippen LogP contribution is 1.60. The lowest BCUT2D eigenvalue weighted by Crippen LogP contribution is -1.89. The predicted molar refractivity (Wildman–Crippen MR) is 23.6 cm³/mol. The second kappa shape index (κ2) is 4.18. The van der Waals surface area contributed by atoms with Gasteiger partial charge in [0.15, 0.2) is 0 Å². The third-order valence-electron chi connectivity index (χ3n) is 0.322. The van der Waals surface area contributed by atoms with Crippen molar-refractivity contribution < 1.29 is 4.74 Å². The fourth-order valence-electron chi connectivity index (χ4n) is 0.118. The lowest BCUT2D eigenvalue weighted by molar-refractivity contribution is 0.195. The monoisotopic (exact) mass is 88.0 g/mol. The van der Waals surface area contributed by atoms with Crippen molar-refractivity contribution in [3.05, 3.63) is 0 Å². The molecule has 0 N–H and O–H groups in total. The number of rotatable bonds is 2. The van der Waals surface area contributed by atoms with Crippen LogP contribution >= 0.6 is 0 Å². The van der Waals surface area contributed by atoms with Crippen LogP contribution in [0.3, 0.4) is 0 Å². The van der Waals surface area contributed by atoms with E-state index in [1.54, 1.807) is 0 Å². The van der Waals surface area contributed by atoms with Crippen LogP contribution in [0.25, 0.3) is 0 Å². The molecule has 1 nitrogen and oxygen atoms in total. The van der Waals surface area contributed by atoms with Gasteiger partial charge in [0.25, 0.3) is 0 Å². The van der Waals surface area contributed by atoms with Crippen LogP contribution in [0.15, 0.2) is 0 Å². The molecule has 0 aliphatic carbocycles. The first-order valence-electron chi connectivity index (χ1n) is 1.69. The minimum absolute atomic E-state index is 0.760. The maximum Gasteiger partial charge on any atom is 0.0510 e. The Bertz CT molecular complexity index is 14.4. The first-order chi connectivity index (χ1) is 2.41. The summed E-state index contributed by atoms with van der Waals surface area (Å²) in [6.45, 7) is 2.80. The van der Waals surface area contributed by atoms with Crippen LogP contribution in [-0.2, 0) is 4.74 Å². The van der Waals surface area contributed by atoms with E-state index in [0.29, 0.717) is 0 Å². The van der Waals surface area contributed by atoms with Gasteiger partial charge in [0, 0.05) is 12.8 Å². The molecule has 0 aliphatic heterocycles. The average Bonchev–Trinajstić information content (AvgIpc) is 1.41. The molecular formula is C3H8OSi. The summed E-state index contributed by atoms with van der Waals surface area (Å²) >= 11 is 0. The van der Waals surface area contributed by atoms with Gasteiger partial charge < -0.3 is 4.74 Å². The molecule has 0 aliphatic rings. The Kier molecular flexibility index (Phi) is 4.32. The van der Waals surface area contributed by atoms with E-state index in [0.717, 1.165) is 12.8 Å². The Labute approximate surface area is 35.8 Å². The third kappa shape index (κ3) is 4.18. The maximum absolute atomic E-state index is 4.80. The fourth-order valence-corrected chi connectivity index (χ4v) is 0.354. The van der Waals surface area contributed by atoms with Crippen LogP contribution in [-0.4, -0.2) is 23.1 Å². The zero-order valence-corrected chi connectivity index (χ0v) is 4.55. The van der Waals surface area contributed by atoms with Gasteiger partial charge in [-0.15, -0.1) is 0 Å². The second-order valence-electron chi connectivity index (χ2n) is 0.659. The molecule has 0 aromatic heterocycles. The largest absolute Gasteiger partial charge is 0.386 e. The summed E-state index contributed by atoms with van der Waals surface area (Å²) < 4.78 is 4.80. The molecule has 30 valence electrons. The molecule has 0 saturated carbocycles. The summed E-state index contributed by atoms with van der Waals surface area (Å²) in [4.78, 5) is 0. The van der Waals surface area contributed by atoms with Crippen LogP contribution in [0.4, 0.5) is 0 Å². The molecule has 0 bridgehead atoms. The van der Waals surface area contributed by atoms with E-state index in [9.17, 15) is 0 Å². The van der Waals surface area contributed by atoms with Gasteiger partial charge in [-0.05, 0) is 6.92 Å². The van der Waals surface area contributed by atoms with Gasteiger partial charge in [-0.25, -0.2) is 0 Å². The summed E-state index contributed by atoms with van der Waals surface area (Å²) in [5.74, 6) is 0. The van der Waals surface area contributed by atoms with Gasteiger partial charge >= 0.3 is 0 Å². The Hall–Kier alpha value is 0.177. The van der Waals surface area contributed by atoms with Crippen molar-refractivity contribution in [2.45, 2.75) is 6.92 Å². The van der Waals surface area contributed by atoms with Gasteiger partial charge in [-0.1, -0.05) is 0 Å². The third-order valence-corrected chi connectivity index (χ3v) is 0.558. The van der Waals surface area contributed by atoms with Crippen molar-refractivity contribution >= 4 is 10.2 Å². The predicted octanol–water partition coefficient (Wildman–Crippen LogP) is -0.119. The van der Waals surface area contributed by atoms with E-state index in [-0.39, 0.29) is 0 Å². The normalized spacial score (nSPS) is 8.40. The standard InChI is InChI=1S/C3H8OSi/c1-2-4-3-5/h5H,2-3H2,1H3. The van der Waals surface area contributed by atoms with E-state index >= 15 is 0 Å². The topological polar surface area (TPSA) is 9.23 Å². The van der Waals surface area contributed by atoms with E-state index in [4.69, 9.17) is 4.74 Å². The van der Waals surface area contributed by atoms with E-state index < -0.39 is 0 Å². The molecule has 5 heavy (non-hydrogen) atoms. The highest BCUT2D eigenvalue weighted by Gasteiger charge is 1.64. The number of hydrogen-bond acceptors (Lipinski definition) is 1. The first kappa shape index (κ1) is 5.18. The first-order valence-corrected chi connectivity index (χ1v) is 2.51. The zero-order valence-electron chi connectivity index (χ0n) is 3.40. The van der Waals surface area contributed by atoms with Crippen LogP contribution in [0.2, 0.25) is 0 Å². The Balaban J connectivity index is 2.19. The van der Waals surface area contributed by atoms with Gasteiger partial charge in [0.1, 0.15) is 0 Å². The quantitative estimate of drug-likeness (QED) is 0.428. The van der Waals surface area contributed by atoms with Crippen LogP contribution < -0.4 is 0 Å². The highest BCUT2D eigenvalue weighted by molar-refractivity contribution is 6.08. The molecule has 0 amide bonds. The molecule has 0 spiro atoms. The molecular weight excluding hydrogens is 80.1 g/mol. The van der Waals surface area contributed by atoms with Crippen molar-refractivity contribution in [2.24, 2.45) is 0 Å². The SMILES string of the molecule is CCOC[SiH]. The molecule has 2 heteroatoms. The molecule has 0 rings (SSSR count).